The number of fused-ring (bicyclic) bond motifs is 1. The van der Waals surface area contributed by atoms with E-state index in [-0.39, 0.29) is 16.8 Å². The van der Waals surface area contributed by atoms with E-state index in [1.807, 2.05) is 0 Å². The number of carbonyl (C=O) groups is 1. The van der Waals surface area contributed by atoms with Gasteiger partial charge in [-0.25, -0.2) is 13.1 Å². The highest BCUT2D eigenvalue weighted by molar-refractivity contribution is 7.89. The topological polar surface area (TPSA) is 84.5 Å². The number of hydrogen-bond acceptors (Lipinski definition) is 4. The third kappa shape index (κ3) is 2.63. The summed E-state index contributed by atoms with van der Waals surface area (Å²) in [6, 6.07) is 4.73. The van der Waals surface area contributed by atoms with Crippen LogP contribution in [0.5, 0.6) is 5.75 Å². The standard InChI is InChI=1S/C19H24N2O4S/c1-10-19(22)20-16-9-15(2-3-17(16)25-10)26(23,24)21-18-13-5-11-4-12(7-13)8-14(18)6-11/h2-3,9-14,18,21H,4-8H2,1H3,(H,20,22). The van der Waals surface area contributed by atoms with Crippen LogP contribution in [-0.4, -0.2) is 26.5 Å². The second-order valence-corrected chi connectivity index (χ2v) is 10.2. The van der Waals surface area contributed by atoms with Crippen molar-refractivity contribution in [2.45, 2.75) is 56.1 Å². The van der Waals surface area contributed by atoms with E-state index in [0.29, 0.717) is 23.3 Å². The highest BCUT2D eigenvalue weighted by atomic mass is 32.2. The molecule has 4 bridgehead atoms. The van der Waals surface area contributed by atoms with Crippen LogP contribution in [0.2, 0.25) is 0 Å². The van der Waals surface area contributed by atoms with Crippen LogP contribution >= 0.6 is 0 Å². The molecule has 5 aliphatic rings. The van der Waals surface area contributed by atoms with Gasteiger partial charge < -0.3 is 10.1 Å². The third-order valence-electron chi connectivity index (χ3n) is 6.71. The largest absolute Gasteiger partial charge is 0.479 e. The van der Waals surface area contributed by atoms with E-state index in [1.54, 1.807) is 19.1 Å². The zero-order valence-electron chi connectivity index (χ0n) is 14.8. The molecule has 4 fully saturated rings. The summed E-state index contributed by atoms with van der Waals surface area (Å²) < 4.78 is 34.5. The summed E-state index contributed by atoms with van der Waals surface area (Å²) >= 11 is 0. The molecule has 140 valence electrons. The van der Waals surface area contributed by atoms with Crippen LogP contribution < -0.4 is 14.8 Å². The van der Waals surface area contributed by atoms with E-state index in [4.69, 9.17) is 4.74 Å². The molecule has 1 aromatic rings. The Kier molecular flexibility index (Phi) is 3.63. The fourth-order valence-electron chi connectivity index (χ4n) is 5.72. The van der Waals surface area contributed by atoms with Crippen LogP contribution in [0.4, 0.5) is 5.69 Å². The lowest BCUT2D eigenvalue weighted by Gasteiger charge is -2.54. The van der Waals surface area contributed by atoms with Gasteiger partial charge in [-0.1, -0.05) is 0 Å². The molecule has 0 saturated heterocycles. The number of amides is 1. The molecule has 0 spiro atoms. The van der Waals surface area contributed by atoms with E-state index >= 15 is 0 Å². The van der Waals surface area contributed by atoms with Crippen molar-refractivity contribution in [3.63, 3.8) is 0 Å². The maximum atomic E-state index is 13.0. The fraction of sp³-hybridized carbons (Fsp3) is 0.632. The number of anilines is 1. The summed E-state index contributed by atoms with van der Waals surface area (Å²) in [6.45, 7) is 1.66. The smallest absolute Gasteiger partial charge is 0.265 e. The highest BCUT2D eigenvalue weighted by Crippen LogP contribution is 2.54. The van der Waals surface area contributed by atoms with Gasteiger partial charge in [0, 0.05) is 6.04 Å². The minimum Gasteiger partial charge on any atom is -0.479 e. The molecule has 6 rings (SSSR count). The summed E-state index contributed by atoms with van der Waals surface area (Å²) in [5.74, 6) is 2.80. The lowest BCUT2D eigenvalue weighted by Crippen LogP contribution is -2.55. The molecular weight excluding hydrogens is 352 g/mol. The zero-order chi connectivity index (χ0) is 18.1. The Hall–Kier alpha value is -1.60. The Balaban J connectivity index is 1.40. The Morgan fingerprint density at radius 2 is 1.73 bits per heavy atom. The monoisotopic (exact) mass is 376 g/mol. The maximum absolute atomic E-state index is 13.0. The van der Waals surface area contributed by atoms with E-state index in [0.717, 1.165) is 37.5 Å². The minimum atomic E-state index is -3.63. The molecule has 4 aliphatic carbocycles. The van der Waals surface area contributed by atoms with Crippen LogP contribution in [0.1, 0.15) is 39.0 Å². The Morgan fingerprint density at radius 3 is 2.38 bits per heavy atom. The minimum absolute atomic E-state index is 0.0506. The zero-order valence-corrected chi connectivity index (χ0v) is 15.6. The van der Waals surface area contributed by atoms with Crippen molar-refractivity contribution in [1.82, 2.24) is 4.72 Å². The fourth-order valence-corrected chi connectivity index (χ4v) is 7.12. The van der Waals surface area contributed by atoms with Gasteiger partial charge in [-0.3, -0.25) is 4.79 Å². The van der Waals surface area contributed by atoms with Crippen molar-refractivity contribution >= 4 is 21.6 Å². The van der Waals surface area contributed by atoms with Crippen molar-refractivity contribution in [2.75, 3.05) is 5.32 Å². The Labute approximate surface area is 153 Å². The predicted octanol–water partition coefficient (Wildman–Crippen LogP) is 2.51. The molecule has 6 nitrogen and oxygen atoms in total. The van der Waals surface area contributed by atoms with Gasteiger partial charge in [0.1, 0.15) is 5.75 Å². The van der Waals surface area contributed by atoms with Crippen LogP contribution in [0.15, 0.2) is 23.1 Å². The first kappa shape index (κ1) is 16.6. The Bertz CT molecular complexity index is 838. The van der Waals surface area contributed by atoms with E-state index < -0.39 is 16.1 Å². The number of benzene rings is 1. The Morgan fingerprint density at radius 1 is 1.08 bits per heavy atom. The first-order valence-electron chi connectivity index (χ1n) is 9.53. The molecule has 1 aromatic carbocycles. The molecule has 4 saturated carbocycles. The number of sulfonamides is 1. The van der Waals surface area contributed by atoms with Gasteiger partial charge in [-0.2, -0.15) is 0 Å². The second kappa shape index (κ2) is 5.70. The van der Waals surface area contributed by atoms with Crippen LogP contribution in [0.25, 0.3) is 0 Å². The molecule has 26 heavy (non-hydrogen) atoms. The summed E-state index contributed by atoms with van der Waals surface area (Å²) in [5, 5.41) is 2.72. The summed E-state index contributed by atoms with van der Waals surface area (Å²) in [5.41, 5.74) is 0.418. The van der Waals surface area contributed by atoms with Gasteiger partial charge in [0.15, 0.2) is 6.10 Å². The average Bonchev–Trinajstić information content (AvgIpc) is 2.58. The highest BCUT2D eigenvalue weighted by Gasteiger charge is 2.49. The van der Waals surface area contributed by atoms with Crippen LogP contribution in [-0.2, 0) is 14.8 Å². The quantitative estimate of drug-likeness (QED) is 0.849. The van der Waals surface area contributed by atoms with Gasteiger partial charge in [-0.05, 0) is 80.9 Å². The maximum Gasteiger partial charge on any atom is 0.265 e. The third-order valence-corrected chi connectivity index (χ3v) is 8.17. The number of hydrogen-bond donors (Lipinski definition) is 2. The molecule has 0 aromatic heterocycles. The van der Waals surface area contributed by atoms with Crippen LogP contribution in [0, 0.1) is 23.7 Å². The first-order chi connectivity index (χ1) is 12.4. The number of rotatable bonds is 3. The van der Waals surface area contributed by atoms with Gasteiger partial charge in [0.25, 0.3) is 5.91 Å². The van der Waals surface area contributed by atoms with Crippen molar-refractivity contribution in [2.24, 2.45) is 23.7 Å². The van der Waals surface area contributed by atoms with Crippen molar-refractivity contribution < 1.29 is 17.9 Å². The van der Waals surface area contributed by atoms with E-state index in [1.165, 1.54) is 12.5 Å². The molecule has 1 unspecified atom stereocenters. The number of ether oxygens (including phenoxy) is 1. The molecule has 1 heterocycles. The summed E-state index contributed by atoms with van der Waals surface area (Å²) in [7, 11) is -3.63. The van der Waals surface area contributed by atoms with Crippen molar-refractivity contribution in [3.05, 3.63) is 18.2 Å². The molecule has 1 aliphatic heterocycles. The second-order valence-electron chi connectivity index (χ2n) is 8.49. The van der Waals surface area contributed by atoms with Crippen LogP contribution in [0.3, 0.4) is 0 Å². The van der Waals surface area contributed by atoms with Crippen molar-refractivity contribution in [3.8, 4) is 5.75 Å². The molecule has 1 atom stereocenters. The van der Waals surface area contributed by atoms with Gasteiger partial charge in [-0.15, -0.1) is 0 Å². The van der Waals surface area contributed by atoms with Gasteiger partial charge in [0.05, 0.1) is 10.6 Å². The van der Waals surface area contributed by atoms with E-state index in [9.17, 15) is 13.2 Å². The van der Waals surface area contributed by atoms with E-state index in [2.05, 4.69) is 10.0 Å². The first-order valence-corrected chi connectivity index (χ1v) is 11.0. The van der Waals surface area contributed by atoms with Gasteiger partial charge in [0.2, 0.25) is 10.0 Å². The molecule has 2 N–H and O–H groups in total. The number of carbonyl (C=O) groups excluding carboxylic acids is 1. The molecule has 7 heteroatoms. The number of nitrogens with one attached hydrogen (secondary N) is 2. The molecular formula is C19H24N2O4S. The lowest BCUT2D eigenvalue weighted by atomic mass is 9.54. The molecule has 1 amide bonds. The normalized spacial score (nSPS) is 37.8. The lowest BCUT2D eigenvalue weighted by molar-refractivity contribution is -0.122. The SMILES string of the molecule is CC1Oc2ccc(S(=O)(=O)NC3C4CC5CC(C4)CC3C5)cc2NC1=O. The predicted molar refractivity (Wildman–Crippen MR) is 96.3 cm³/mol. The summed E-state index contributed by atoms with van der Waals surface area (Å²) in [6.07, 6.45) is 5.41. The average molecular weight is 376 g/mol. The molecule has 0 radical (unpaired) electrons. The van der Waals surface area contributed by atoms with Crippen molar-refractivity contribution in [1.29, 1.82) is 0 Å². The van der Waals surface area contributed by atoms with Gasteiger partial charge >= 0.3 is 0 Å². The summed E-state index contributed by atoms with van der Waals surface area (Å²) in [4.78, 5) is 12.0.